The molecule has 0 bridgehead atoms. The Morgan fingerprint density at radius 2 is 2.04 bits per heavy atom. The van der Waals surface area contributed by atoms with Crippen molar-refractivity contribution in [3.63, 3.8) is 0 Å². The van der Waals surface area contributed by atoms with Gasteiger partial charge in [-0.25, -0.2) is 4.39 Å². The molecule has 2 aromatic rings. The number of para-hydroxylation sites is 1. The SMILES string of the molecule is COc1cc(C(=O)NC2CCN(c3ccccc3F)C2=O)ccc1C. The number of ether oxygens (including phenoxy) is 1. The number of anilines is 1. The molecule has 0 radical (unpaired) electrons. The zero-order valence-electron chi connectivity index (χ0n) is 14.1. The third-order valence-electron chi connectivity index (χ3n) is 4.32. The summed E-state index contributed by atoms with van der Waals surface area (Å²) in [6.07, 6.45) is 0.432. The fourth-order valence-corrected chi connectivity index (χ4v) is 2.93. The van der Waals surface area contributed by atoms with Crippen LogP contribution in [0.2, 0.25) is 0 Å². The molecule has 1 aliphatic heterocycles. The molecule has 1 heterocycles. The third kappa shape index (κ3) is 3.33. The molecule has 130 valence electrons. The second-order valence-corrected chi connectivity index (χ2v) is 5.94. The van der Waals surface area contributed by atoms with Crippen molar-refractivity contribution in [2.75, 3.05) is 18.6 Å². The van der Waals surface area contributed by atoms with E-state index in [1.165, 1.54) is 18.1 Å². The summed E-state index contributed by atoms with van der Waals surface area (Å²) in [5, 5.41) is 2.73. The Hall–Kier alpha value is -2.89. The summed E-state index contributed by atoms with van der Waals surface area (Å²) in [5.41, 5.74) is 1.57. The Bertz CT molecular complexity index is 822. The highest BCUT2D eigenvalue weighted by Crippen LogP contribution is 2.25. The fraction of sp³-hybridized carbons (Fsp3) is 0.263. The molecule has 0 aliphatic carbocycles. The highest BCUT2D eigenvalue weighted by atomic mass is 19.1. The van der Waals surface area contributed by atoms with Crippen LogP contribution in [0, 0.1) is 12.7 Å². The van der Waals surface area contributed by atoms with Crippen molar-refractivity contribution < 1.29 is 18.7 Å². The second kappa shape index (κ2) is 6.93. The van der Waals surface area contributed by atoms with Gasteiger partial charge in [0.15, 0.2) is 0 Å². The molecule has 1 aliphatic rings. The Labute approximate surface area is 145 Å². The van der Waals surface area contributed by atoms with Crippen LogP contribution in [0.1, 0.15) is 22.3 Å². The van der Waals surface area contributed by atoms with Crippen LogP contribution in [-0.4, -0.2) is 31.5 Å². The number of hydrogen-bond donors (Lipinski definition) is 1. The molecular weight excluding hydrogens is 323 g/mol. The van der Waals surface area contributed by atoms with E-state index in [-0.39, 0.29) is 17.5 Å². The van der Waals surface area contributed by atoms with E-state index in [2.05, 4.69) is 5.32 Å². The van der Waals surface area contributed by atoms with Crippen molar-refractivity contribution in [2.45, 2.75) is 19.4 Å². The standard InChI is InChI=1S/C19H19FN2O3/c1-12-7-8-13(11-17(12)25-2)18(23)21-15-9-10-22(19(15)24)16-6-4-3-5-14(16)20/h3-8,11,15H,9-10H2,1-2H3,(H,21,23). The number of carbonyl (C=O) groups is 2. The number of amides is 2. The number of benzene rings is 2. The summed E-state index contributed by atoms with van der Waals surface area (Å²) in [4.78, 5) is 26.3. The molecule has 0 aromatic heterocycles. The van der Waals surface area contributed by atoms with Crippen LogP contribution in [0.15, 0.2) is 42.5 Å². The Morgan fingerprint density at radius 3 is 2.76 bits per heavy atom. The Balaban J connectivity index is 1.73. The smallest absolute Gasteiger partial charge is 0.252 e. The van der Waals surface area contributed by atoms with Gasteiger partial charge in [-0.1, -0.05) is 18.2 Å². The normalized spacial score (nSPS) is 16.8. The lowest BCUT2D eigenvalue weighted by molar-refractivity contribution is -0.118. The van der Waals surface area contributed by atoms with Crippen LogP contribution < -0.4 is 15.0 Å². The summed E-state index contributed by atoms with van der Waals surface area (Å²) in [7, 11) is 1.54. The number of nitrogens with zero attached hydrogens (tertiary/aromatic N) is 1. The van der Waals surface area contributed by atoms with Crippen molar-refractivity contribution in [1.82, 2.24) is 5.32 Å². The molecule has 2 amide bonds. The van der Waals surface area contributed by atoms with Gasteiger partial charge in [-0.3, -0.25) is 9.59 Å². The van der Waals surface area contributed by atoms with E-state index in [1.807, 2.05) is 6.92 Å². The number of hydrogen-bond acceptors (Lipinski definition) is 3. The van der Waals surface area contributed by atoms with Crippen LogP contribution in [-0.2, 0) is 4.79 Å². The Kier molecular flexibility index (Phi) is 4.70. The molecule has 1 saturated heterocycles. The van der Waals surface area contributed by atoms with Gasteiger partial charge in [0.2, 0.25) is 5.91 Å². The maximum absolute atomic E-state index is 13.9. The van der Waals surface area contributed by atoms with Gasteiger partial charge in [0.05, 0.1) is 12.8 Å². The summed E-state index contributed by atoms with van der Waals surface area (Å²) in [6.45, 7) is 2.25. The molecule has 0 spiro atoms. The predicted octanol–water partition coefficient (Wildman–Crippen LogP) is 2.68. The molecular formula is C19H19FN2O3. The van der Waals surface area contributed by atoms with Crippen LogP contribution in [0.25, 0.3) is 0 Å². The van der Waals surface area contributed by atoms with Gasteiger partial charge < -0.3 is 15.0 Å². The number of halogens is 1. The molecule has 5 nitrogen and oxygen atoms in total. The van der Waals surface area contributed by atoms with Gasteiger partial charge in [-0.05, 0) is 43.2 Å². The monoisotopic (exact) mass is 342 g/mol. The van der Waals surface area contributed by atoms with Gasteiger partial charge in [-0.15, -0.1) is 0 Å². The lowest BCUT2D eigenvalue weighted by Crippen LogP contribution is -2.41. The van der Waals surface area contributed by atoms with Crippen LogP contribution in [0.4, 0.5) is 10.1 Å². The maximum atomic E-state index is 13.9. The van der Waals surface area contributed by atoms with E-state index >= 15 is 0 Å². The zero-order valence-corrected chi connectivity index (χ0v) is 14.1. The average Bonchev–Trinajstić information content (AvgIpc) is 2.96. The minimum Gasteiger partial charge on any atom is -0.496 e. The van der Waals surface area contributed by atoms with Crippen molar-refractivity contribution in [3.8, 4) is 5.75 Å². The molecule has 6 heteroatoms. The van der Waals surface area contributed by atoms with Gasteiger partial charge in [0, 0.05) is 12.1 Å². The minimum atomic E-state index is -0.667. The number of methoxy groups -OCH3 is 1. The minimum absolute atomic E-state index is 0.237. The largest absolute Gasteiger partial charge is 0.496 e. The topological polar surface area (TPSA) is 58.6 Å². The van der Waals surface area contributed by atoms with Crippen molar-refractivity contribution >= 4 is 17.5 Å². The third-order valence-corrected chi connectivity index (χ3v) is 4.32. The van der Waals surface area contributed by atoms with E-state index in [9.17, 15) is 14.0 Å². The maximum Gasteiger partial charge on any atom is 0.252 e. The van der Waals surface area contributed by atoms with E-state index in [0.717, 1.165) is 5.56 Å². The quantitative estimate of drug-likeness (QED) is 0.929. The van der Waals surface area contributed by atoms with Gasteiger partial charge in [-0.2, -0.15) is 0 Å². The molecule has 1 unspecified atom stereocenters. The lowest BCUT2D eigenvalue weighted by atomic mass is 10.1. The average molecular weight is 342 g/mol. The molecule has 2 aromatic carbocycles. The molecule has 0 saturated carbocycles. The first kappa shape index (κ1) is 17.0. The lowest BCUT2D eigenvalue weighted by Gasteiger charge is -2.18. The van der Waals surface area contributed by atoms with Gasteiger partial charge in [0.1, 0.15) is 17.6 Å². The first-order valence-corrected chi connectivity index (χ1v) is 8.02. The highest BCUT2D eigenvalue weighted by molar-refractivity contribution is 6.04. The van der Waals surface area contributed by atoms with Crippen LogP contribution >= 0.6 is 0 Å². The summed E-state index contributed by atoms with van der Waals surface area (Å²) in [6, 6.07) is 10.6. The number of rotatable bonds is 4. The second-order valence-electron chi connectivity index (χ2n) is 5.94. The summed E-state index contributed by atoms with van der Waals surface area (Å²) >= 11 is 0. The van der Waals surface area contributed by atoms with E-state index in [0.29, 0.717) is 24.3 Å². The van der Waals surface area contributed by atoms with E-state index < -0.39 is 11.9 Å². The molecule has 1 N–H and O–H groups in total. The fourth-order valence-electron chi connectivity index (χ4n) is 2.93. The van der Waals surface area contributed by atoms with Gasteiger partial charge >= 0.3 is 0 Å². The predicted molar refractivity (Wildman–Crippen MR) is 92.4 cm³/mol. The highest BCUT2D eigenvalue weighted by Gasteiger charge is 2.34. The van der Waals surface area contributed by atoms with E-state index in [1.54, 1.807) is 36.4 Å². The summed E-state index contributed by atoms with van der Waals surface area (Å²) < 4.78 is 19.1. The Morgan fingerprint density at radius 1 is 1.28 bits per heavy atom. The first-order chi connectivity index (χ1) is 12.0. The molecule has 1 atom stereocenters. The number of nitrogens with one attached hydrogen (secondary N) is 1. The first-order valence-electron chi connectivity index (χ1n) is 8.02. The summed E-state index contributed by atoms with van der Waals surface area (Å²) in [5.74, 6) is -0.506. The molecule has 3 rings (SSSR count). The number of carbonyl (C=O) groups excluding carboxylic acids is 2. The van der Waals surface area contributed by atoms with Crippen molar-refractivity contribution in [3.05, 3.63) is 59.4 Å². The number of aryl methyl sites for hydroxylation is 1. The van der Waals surface area contributed by atoms with Gasteiger partial charge in [0.25, 0.3) is 5.91 Å². The van der Waals surface area contributed by atoms with Crippen molar-refractivity contribution in [1.29, 1.82) is 0 Å². The molecule has 25 heavy (non-hydrogen) atoms. The van der Waals surface area contributed by atoms with Crippen LogP contribution in [0.3, 0.4) is 0 Å². The zero-order chi connectivity index (χ0) is 18.0. The van der Waals surface area contributed by atoms with E-state index in [4.69, 9.17) is 4.74 Å². The molecule has 1 fully saturated rings. The van der Waals surface area contributed by atoms with Crippen LogP contribution in [0.5, 0.6) is 5.75 Å². The van der Waals surface area contributed by atoms with Crippen molar-refractivity contribution in [2.24, 2.45) is 0 Å².